The van der Waals surface area contributed by atoms with Crippen LogP contribution < -0.4 is 10.1 Å². The number of anilines is 1. The van der Waals surface area contributed by atoms with Gasteiger partial charge in [-0.15, -0.1) is 0 Å². The average Bonchev–Trinajstić information content (AvgIpc) is 2.75. The Kier molecular flexibility index (Phi) is 3.18. The Balaban J connectivity index is 1.93. The smallest absolute Gasteiger partial charge is 0.231 e. The van der Waals surface area contributed by atoms with Crippen LogP contribution in [0.5, 0.6) is 5.75 Å². The predicted molar refractivity (Wildman–Crippen MR) is 80.1 cm³/mol. The summed E-state index contributed by atoms with van der Waals surface area (Å²) in [5.74, 6) is 0.874. The number of benzene rings is 2. The Morgan fingerprint density at radius 1 is 1.10 bits per heavy atom. The molecule has 20 heavy (non-hydrogen) atoms. The topological polar surface area (TPSA) is 38.3 Å². The molecule has 3 rings (SSSR count). The molecule has 0 spiro atoms. The molecule has 0 aliphatic carbocycles. The van der Waals surface area contributed by atoms with Gasteiger partial charge in [-0.2, -0.15) is 0 Å². The second-order valence-electron chi connectivity index (χ2n) is 4.97. The predicted octanol–water partition coefficient (Wildman–Crippen LogP) is 3.81. The molecule has 1 amide bonds. The Bertz CT molecular complexity index is 647. The van der Waals surface area contributed by atoms with Gasteiger partial charge >= 0.3 is 0 Å². The molecule has 0 saturated carbocycles. The van der Waals surface area contributed by atoms with Crippen LogP contribution in [0.4, 0.5) is 5.69 Å². The van der Waals surface area contributed by atoms with Crippen molar-refractivity contribution >= 4 is 11.6 Å². The van der Waals surface area contributed by atoms with Gasteiger partial charge < -0.3 is 10.1 Å². The van der Waals surface area contributed by atoms with Crippen molar-refractivity contribution in [3.05, 3.63) is 48.0 Å². The summed E-state index contributed by atoms with van der Waals surface area (Å²) < 4.78 is 5.45. The fourth-order valence-corrected chi connectivity index (χ4v) is 2.51. The van der Waals surface area contributed by atoms with E-state index < -0.39 is 0 Å². The van der Waals surface area contributed by atoms with Gasteiger partial charge in [0.2, 0.25) is 5.91 Å². The van der Waals surface area contributed by atoms with Crippen molar-refractivity contribution in [2.75, 3.05) is 11.9 Å². The highest BCUT2D eigenvalue weighted by Crippen LogP contribution is 2.35. The lowest BCUT2D eigenvalue weighted by Gasteiger charge is -2.08. The van der Waals surface area contributed by atoms with Gasteiger partial charge in [-0.25, -0.2) is 0 Å². The minimum atomic E-state index is -0.0763. The van der Waals surface area contributed by atoms with Gasteiger partial charge in [-0.3, -0.25) is 4.79 Å². The number of fused-ring (bicyclic) bond motifs is 1. The van der Waals surface area contributed by atoms with E-state index in [1.807, 2.05) is 50.2 Å². The number of amides is 1. The zero-order valence-electron chi connectivity index (χ0n) is 11.6. The molecule has 0 radical (unpaired) electrons. The third-order valence-corrected chi connectivity index (χ3v) is 3.67. The summed E-state index contributed by atoms with van der Waals surface area (Å²) in [6, 6.07) is 14.1. The van der Waals surface area contributed by atoms with Crippen LogP contribution in [0.3, 0.4) is 0 Å². The minimum Gasteiger partial charge on any atom is -0.494 e. The molecule has 0 saturated heterocycles. The first-order valence-electron chi connectivity index (χ1n) is 6.87. The molecular weight excluding hydrogens is 250 g/mol. The van der Waals surface area contributed by atoms with Crippen molar-refractivity contribution < 1.29 is 9.53 Å². The minimum absolute atomic E-state index is 0.0730. The van der Waals surface area contributed by atoms with E-state index in [9.17, 15) is 4.79 Å². The molecule has 102 valence electrons. The second-order valence-corrected chi connectivity index (χ2v) is 4.97. The average molecular weight is 267 g/mol. The maximum atomic E-state index is 11.7. The monoisotopic (exact) mass is 267 g/mol. The lowest BCUT2D eigenvalue weighted by Crippen LogP contribution is -2.08. The van der Waals surface area contributed by atoms with E-state index in [0.717, 1.165) is 28.1 Å². The third-order valence-electron chi connectivity index (χ3n) is 3.67. The first-order valence-corrected chi connectivity index (χ1v) is 6.87. The molecule has 1 aliphatic heterocycles. The van der Waals surface area contributed by atoms with E-state index in [0.29, 0.717) is 6.61 Å². The molecule has 2 aromatic carbocycles. The number of rotatable bonds is 3. The highest BCUT2D eigenvalue weighted by atomic mass is 16.5. The lowest BCUT2D eigenvalue weighted by atomic mass is 9.97. The van der Waals surface area contributed by atoms with Gasteiger partial charge in [0.1, 0.15) is 5.75 Å². The molecule has 1 atom stereocenters. The maximum absolute atomic E-state index is 11.7. The quantitative estimate of drug-likeness (QED) is 0.918. The summed E-state index contributed by atoms with van der Waals surface area (Å²) in [5, 5.41) is 2.89. The molecule has 1 unspecified atom stereocenters. The number of nitrogens with one attached hydrogen (secondary N) is 1. The van der Waals surface area contributed by atoms with Crippen LogP contribution in [-0.2, 0) is 4.79 Å². The molecule has 1 N–H and O–H groups in total. The van der Waals surface area contributed by atoms with Crippen LogP contribution >= 0.6 is 0 Å². The number of carbonyl (C=O) groups is 1. The van der Waals surface area contributed by atoms with Crippen LogP contribution in [-0.4, -0.2) is 12.5 Å². The first kappa shape index (κ1) is 12.7. The molecule has 3 nitrogen and oxygen atoms in total. The second kappa shape index (κ2) is 5.00. The molecule has 1 aliphatic rings. The first-order chi connectivity index (χ1) is 9.69. The highest BCUT2D eigenvalue weighted by molar-refractivity contribution is 6.03. The molecular formula is C17H17NO2. The number of ether oxygens (including phenoxy) is 1. The molecule has 0 fully saturated rings. The largest absolute Gasteiger partial charge is 0.494 e. The molecule has 3 heteroatoms. The zero-order chi connectivity index (χ0) is 14.1. The van der Waals surface area contributed by atoms with Crippen LogP contribution in [0.1, 0.15) is 25.3 Å². The summed E-state index contributed by atoms with van der Waals surface area (Å²) in [4.78, 5) is 11.7. The van der Waals surface area contributed by atoms with Crippen molar-refractivity contribution in [3.63, 3.8) is 0 Å². The van der Waals surface area contributed by atoms with E-state index in [1.165, 1.54) is 0 Å². The highest BCUT2D eigenvalue weighted by Gasteiger charge is 2.26. The van der Waals surface area contributed by atoms with Gasteiger partial charge in [0, 0.05) is 5.69 Å². The van der Waals surface area contributed by atoms with Crippen LogP contribution in [0.2, 0.25) is 0 Å². The molecule has 0 bridgehead atoms. The van der Waals surface area contributed by atoms with E-state index in [-0.39, 0.29) is 11.8 Å². The Labute approximate surface area is 118 Å². The SMILES string of the molecule is CCOc1ccc(-c2ccc3c(c2)C(C)C(=O)N3)cc1. The van der Waals surface area contributed by atoms with Gasteiger partial charge in [-0.05, 0) is 54.8 Å². The van der Waals surface area contributed by atoms with Gasteiger partial charge in [0.25, 0.3) is 0 Å². The van der Waals surface area contributed by atoms with E-state index >= 15 is 0 Å². The fourth-order valence-electron chi connectivity index (χ4n) is 2.51. The summed E-state index contributed by atoms with van der Waals surface area (Å²) in [5.41, 5.74) is 4.25. The van der Waals surface area contributed by atoms with Crippen molar-refractivity contribution in [1.29, 1.82) is 0 Å². The Hall–Kier alpha value is -2.29. The summed E-state index contributed by atoms with van der Waals surface area (Å²) in [6.07, 6.45) is 0. The summed E-state index contributed by atoms with van der Waals surface area (Å²) in [7, 11) is 0. The standard InChI is InChI=1S/C17H17NO2/c1-3-20-14-7-4-12(5-8-14)13-6-9-16-15(10-13)11(2)17(19)18-16/h4-11H,3H2,1-2H3,(H,18,19). The van der Waals surface area contributed by atoms with E-state index in [4.69, 9.17) is 4.74 Å². The third kappa shape index (κ3) is 2.16. The van der Waals surface area contributed by atoms with Crippen LogP contribution in [0.15, 0.2) is 42.5 Å². The Morgan fingerprint density at radius 3 is 2.50 bits per heavy atom. The van der Waals surface area contributed by atoms with Gasteiger partial charge in [0.15, 0.2) is 0 Å². The van der Waals surface area contributed by atoms with Crippen molar-refractivity contribution in [3.8, 4) is 16.9 Å². The molecule has 2 aromatic rings. The van der Waals surface area contributed by atoms with Gasteiger partial charge in [0.05, 0.1) is 12.5 Å². The summed E-state index contributed by atoms with van der Waals surface area (Å²) in [6.45, 7) is 4.58. The van der Waals surface area contributed by atoms with Gasteiger partial charge in [-0.1, -0.05) is 18.2 Å². The van der Waals surface area contributed by atoms with Crippen LogP contribution in [0.25, 0.3) is 11.1 Å². The number of hydrogen-bond donors (Lipinski definition) is 1. The van der Waals surface area contributed by atoms with Crippen molar-refractivity contribution in [2.45, 2.75) is 19.8 Å². The normalized spacial score (nSPS) is 16.7. The molecule has 1 heterocycles. The lowest BCUT2D eigenvalue weighted by molar-refractivity contribution is -0.116. The number of hydrogen-bond acceptors (Lipinski definition) is 2. The Morgan fingerprint density at radius 2 is 1.80 bits per heavy atom. The van der Waals surface area contributed by atoms with Crippen LogP contribution in [0, 0.1) is 0 Å². The van der Waals surface area contributed by atoms with Crippen molar-refractivity contribution in [2.24, 2.45) is 0 Å². The molecule has 0 aromatic heterocycles. The van der Waals surface area contributed by atoms with Crippen molar-refractivity contribution in [1.82, 2.24) is 0 Å². The summed E-state index contributed by atoms with van der Waals surface area (Å²) >= 11 is 0. The fraction of sp³-hybridized carbons (Fsp3) is 0.235. The zero-order valence-corrected chi connectivity index (χ0v) is 11.6. The van der Waals surface area contributed by atoms with E-state index in [2.05, 4.69) is 11.4 Å². The maximum Gasteiger partial charge on any atom is 0.231 e. The van der Waals surface area contributed by atoms with E-state index in [1.54, 1.807) is 0 Å². The number of carbonyl (C=O) groups excluding carboxylic acids is 1.